The average molecular weight is 245 g/mol. The first-order valence-electron chi connectivity index (χ1n) is 5.62. The number of carboxylic acid groups (broad SMARTS) is 1. The lowest BCUT2D eigenvalue weighted by Crippen LogP contribution is -2.32. The molecule has 0 unspecified atom stereocenters. The number of hydrogen-bond donors (Lipinski definition) is 2. The number of rotatable bonds is 4. The van der Waals surface area contributed by atoms with Crippen molar-refractivity contribution in [2.24, 2.45) is 12.8 Å². The summed E-state index contributed by atoms with van der Waals surface area (Å²) >= 11 is 0. The number of aromatic nitrogens is 2. The lowest BCUT2D eigenvalue weighted by atomic mass is 10.0. The van der Waals surface area contributed by atoms with Crippen molar-refractivity contribution in [3.8, 4) is 11.3 Å². The van der Waals surface area contributed by atoms with E-state index in [1.165, 1.54) is 0 Å². The van der Waals surface area contributed by atoms with Gasteiger partial charge in [0.2, 0.25) is 0 Å². The smallest absolute Gasteiger partial charge is 0.320 e. The minimum Gasteiger partial charge on any atom is -0.480 e. The van der Waals surface area contributed by atoms with Crippen molar-refractivity contribution < 1.29 is 9.90 Å². The molecule has 0 saturated heterocycles. The molecule has 2 rings (SSSR count). The highest BCUT2D eigenvalue weighted by Gasteiger charge is 2.12. The van der Waals surface area contributed by atoms with Crippen LogP contribution in [0.5, 0.6) is 0 Å². The summed E-state index contributed by atoms with van der Waals surface area (Å²) in [5, 5.41) is 8.75. The summed E-state index contributed by atoms with van der Waals surface area (Å²) in [5.74, 6) is -0.981. The molecule has 1 atom stereocenters. The molecule has 5 nitrogen and oxygen atoms in total. The number of carbonyl (C=O) groups is 1. The third-order valence-corrected chi connectivity index (χ3v) is 2.84. The third kappa shape index (κ3) is 2.57. The Morgan fingerprint density at radius 1 is 1.44 bits per heavy atom. The van der Waals surface area contributed by atoms with Crippen molar-refractivity contribution in [1.82, 2.24) is 9.55 Å². The zero-order valence-corrected chi connectivity index (χ0v) is 10.1. The highest BCUT2D eigenvalue weighted by Crippen LogP contribution is 2.18. The van der Waals surface area contributed by atoms with E-state index in [0.29, 0.717) is 6.42 Å². The molecule has 5 heteroatoms. The molecule has 18 heavy (non-hydrogen) atoms. The maximum Gasteiger partial charge on any atom is 0.320 e. The molecule has 0 saturated carbocycles. The fourth-order valence-corrected chi connectivity index (χ4v) is 1.79. The molecule has 2 aromatic rings. The zero-order chi connectivity index (χ0) is 13.1. The van der Waals surface area contributed by atoms with Gasteiger partial charge in [-0.15, -0.1) is 0 Å². The van der Waals surface area contributed by atoms with E-state index in [4.69, 9.17) is 10.8 Å². The van der Waals surface area contributed by atoms with E-state index in [-0.39, 0.29) is 0 Å². The van der Waals surface area contributed by atoms with Crippen molar-refractivity contribution >= 4 is 5.97 Å². The first kappa shape index (κ1) is 12.3. The summed E-state index contributed by atoms with van der Waals surface area (Å²) in [4.78, 5) is 14.7. The molecule has 1 aromatic heterocycles. The maximum absolute atomic E-state index is 10.7. The second-order valence-corrected chi connectivity index (χ2v) is 4.24. The highest BCUT2D eigenvalue weighted by atomic mass is 16.4. The molecular formula is C13H15N3O2. The van der Waals surface area contributed by atoms with Gasteiger partial charge < -0.3 is 15.4 Å². The normalized spacial score (nSPS) is 12.3. The van der Waals surface area contributed by atoms with Crippen LogP contribution in [0.3, 0.4) is 0 Å². The van der Waals surface area contributed by atoms with Gasteiger partial charge in [0.05, 0.1) is 18.2 Å². The van der Waals surface area contributed by atoms with Crippen molar-refractivity contribution in [3.05, 3.63) is 42.4 Å². The van der Waals surface area contributed by atoms with Crippen LogP contribution in [0.4, 0.5) is 0 Å². The van der Waals surface area contributed by atoms with Gasteiger partial charge in [-0.3, -0.25) is 4.79 Å². The topological polar surface area (TPSA) is 81.1 Å². The molecule has 0 aliphatic carbocycles. The standard InChI is InChI=1S/C13H15N3O2/c1-16-8-15-7-12(16)10-4-2-9(3-5-10)6-11(14)13(17)18/h2-5,7-8,11H,6,14H2,1H3,(H,17,18)/t11-/m0/s1. The zero-order valence-electron chi connectivity index (χ0n) is 10.1. The fourth-order valence-electron chi connectivity index (χ4n) is 1.79. The molecule has 1 aromatic carbocycles. The van der Waals surface area contributed by atoms with E-state index in [1.54, 1.807) is 12.5 Å². The van der Waals surface area contributed by atoms with Gasteiger partial charge in [-0.2, -0.15) is 0 Å². The summed E-state index contributed by atoms with van der Waals surface area (Å²) in [6.07, 6.45) is 3.86. The van der Waals surface area contributed by atoms with Crippen LogP contribution in [0.15, 0.2) is 36.8 Å². The summed E-state index contributed by atoms with van der Waals surface area (Å²) in [5.41, 5.74) is 8.47. The third-order valence-electron chi connectivity index (χ3n) is 2.84. The van der Waals surface area contributed by atoms with Crippen LogP contribution in [0.1, 0.15) is 5.56 Å². The molecule has 1 heterocycles. The Balaban J connectivity index is 2.16. The molecular weight excluding hydrogens is 230 g/mol. The van der Waals surface area contributed by atoms with Gasteiger partial charge in [-0.05, 0) is 17.5 Å². The van der Waals surface area contributed by atoms with E-state index in [2.05, 4.69) is 4.98 Å². The number of aliphatic carboxylic acids is 1. The predicted molar refractivity (Wildman–Crippen MR) is 68.0 cm³/mol. The van der Waals surface area contributed by atoms with Crippen molar-refractivity contribution in [1.29, 1.82) is 0 Å². The van der Waals surface area contributed by atoms with Crippen LogP contribution < -0.4 is 5.73 Å². The van der Waals surface area contributed by atoms with Gasteiger partial charge >= 0.3 is 5.97 Å². The van der Waals surface area contributed by atoms with Crippen molar-refractivity contribution in [2.75, 3.05) is 0 Å². The van der Waals surface area contributed by atoms with Gasteiger partial charge in [-0.25, -0.2) is 4.98 Å². The van der Waals surface area contributed by atoms with Crippen molar-refractivity contribution in [3.63, 3.8) is 0 Å². The van der Waals surface area contributed by atoms with Gasteiger partial charge in [0.25, 0.3) is 0 Å². The number of carboxylic acids is 1. The second kappa shape index (κ2) is 5.01. The first-order chi connectivity index (χ1) is 8.58. The summed E-state index contributed by atoms with van der Waals surface area (Å²) in [6.45, 7) is 0. The number of nitrogens with two attached hydrogens (primary N) is 1. The Morgan fingerprint density at radius 3 is 2.61 bits per heavy atom. The quantitative estimate of drug-likeness (QED) is 0.843. The van der Waals surface area contributed by atoms with Gasteiger partial charge in [0, 0.05) is 7.05 Å². The fraction of sp³-hybridized carbons (Fsp3) is 0.231. The van der Waals surface area contributed by atoms with E-state index in [9.17, 15) is 4.79 Å². The minimum atomic E-state index is -0.981. The number of benzene rings is 1. The molecule has 3 N–H and O–H groups in total. The van der Waals surface area contributed by atoms with Crippen LogP contribution >= 0.6 is 0 Å². The van der Waals surface area contributed by atoms with Crippen LogP contribution in [0.25, 0.3) is 11.3 Å². The molecule has 0 radical (unpaired) electrons. The van der Waals surface area contributed by atoms with Crippen LogP contribution in [0, 0.1) is 0 Å². The van der Waals surface area contributed by atoms with E-state index in [1.807, 2.05) is 35.9 Å². The SMILES string of the molecule is Cn1cncc1-c1ccc(C[C@H](N)C(=O)O)cc1. The van der Waals surface area contributed by atoms with Gasteiger partial charge in [0.15, 0.2) is 0 Å². The molecule has 0 spiro atoms. The molecule has 0 bridgehead atoms. The first-order valence-corrected chi connectivity index (χ1v) is 5.62. The average Bonchev–Trinajstić information content (AvgIpc) is 2.76. The van der Waals surface area contributed by atoms with E-state index < -0.39 is 12.0 Å². The molecule has 94 valence electrons. The monoisotopic (exact) mass is 245 g/mol. The number of nitrogens with zero attached hydrogens (tertiary/aromatic N) is 2. The van der Waals surface area contributed by atoms with E-state index in [0.717, 1.165) is 16.8 Å². The maximum atomic E-state index is 10.7. The van der Waals surface area contributed by atoms with Crippen LogP contribution in [-0.2, 0) is 18.3 Å². The summed E-state index contributed by atoms with van der Waals surface area (Å²) in [6, 6.07) is 6.82. The number of hydrogen-bond acceptors (Lipinski definition) is 3. The molecule has 0 amide bonds. The Morgan fingerprint density at radius 2 is 2.11 bits per heavy atom. The minimum absolute atomic E-state index is 0.334. The highest BCUT2D eigenvalue weighted by molar-refractivity contribution is 5.73. The lowest BCUT2D eigenvalue weighted by molar-refractivity contribution is -0.138. The number of aryl methyl sites for hydroxylation is 1. The Hall–Kier alpha value is -2.14. The second-order valence-electron chi connectivity index (χ2n) is 4.24. The lowest BCUT2D eigenvalue weighted by Gasteiger charge is -2.07. The molecule has 0 aliphatic rings. The van der Waals surface area contributed by atoms with E-state index >= 15 is 0 Å². The van der Waals surface area contributed by atoms with Gasteiger partial charge in [-0.1, -0.05) is 24.3 Å². The summed E-state index contributed by atoms with van der Waals surface area (Å²) in [7, 11) is 1.93. The Labute approximate surface area is 105 Å². The Bertz CT molecular complexity index is 546. The van der Waals surface area contributed by atoms with Crippen molar-refractivity contribution in [2.45, 2.75) is 12.5 Å². The van der Waals surface area contributed by atoms with Gasteiger partial charge in [0.1, 0.15) is 6.04 Å². The number of imidazole rings is 1. The predicted octanol–water partition coefficient (Wildman–Crippen LogP) is 1.04. The molecule has 0 aliphatic heterocycles. The Kier molecular flexibility index (Phi) is 3.43. The largest absolute Gasteiger partial charge is 0.480 e. The molecule has 0 fully saturated rings. The summed E-state index contributed by atoms with van der Waals surface area (Å²) < 4.78 is 1.93. The van der Waals surface area contributed by atoms with Crippen LogP contribution in [-0.4, -0.2) is 26.7 Å². The van der Waals surface area contributed by atoms with Crippen LogP contribution in [0.2, 0.25) is 0 Å².